The largest absolute Gasteiger partial charge is 0.390 e. The Balaban J connectivity index is 2.52. The van der Waals surface area contributed by atoms with Gasteiger partial charge in [-0.2, -0.15) is 8.42 Å². The number of hydrogen-bond donors (Lipinski definition) is 3. The third-order valence-electron chi connectivity index (χ3n) is 5.44. The molecule has 0 bridgehead atoms. The number of quaternary nitrogens is 1. The van der Waals surface area contributed by atoms with Crippen LogP contribution in [0.4, 0.5) is 0 Å². The lowest BCUT2D eigenvalue weighted by molar-refractivity contribution is -0.837. The van der Waals surface area contributed by atoms with E-state index in [1.807, 2.05) is 6.08 Å². The highest BCUT2D eigenvalue weighted by Gasteiger charge is 2.43. The van der Waals surface area contributed by atoms with Crippen molar-refractivity contribution in [3.8, 4) is 0 Å². The van der Waals surface area contributed by atoms with Gasteiger partial charge in [-0.3, -0.25) is 13.8 Å². The maximum Gasteiger partial charge on any atom is 0.271 e. The van der Waals surface area contributed by atoms with E-state index >= 15 is 0 Å². The Labute approximate surface area is 181 Å². The first-order valence-corrected chi connectivity index (χ1v) is 12.7. The Morgan fingerprint density at radius 2 is 1.80 bits per heavy atom. The van der Waals surface area contributed by atoms with E-state index in [0.717, 1.165) is 19.3 Å². The van der Waals surface area contributed by atoms with Gasteiger partial charge < -0.3 is 10.2 Å². The number of rotatable bonds is 17. The van der Waals surface area contributed by atoms with Crippen LogP contribution in [0.5, 0.6) is 0 Å². The first-order valence-electron chi connectivity index (χ1n) is 11.1. The van der Waals surface area contributed by atoms with Crippen LogP contribution in [0.3, 0.4) is 0 Å². The van der Waals surface area contributed by atoms with E-state index in [-0.39, 0.29) is 35.8 Å². The molecule has 8 nitrogen and oxygen atoms in total. The van der Waals surface area contributed by atoms with Crippen molar-refractivity contribution in [1.29, 1.82) is 0 Å². The van der Waals surface area contributed by atoms with Crippen LogP contribution in [-0.2, 0) is 14.9 Å². The summed E-state index contributed by atoms with van der Waals surface area (Å²) < 4.78 is 31.0. The van der Waals surface area contributed by atoms with E-state index < -0.39 is 22.0 Å². The molecule has 3 N–H and O–H groups in total. The molecule has 30 heavy (non-hydrogen) atoms. The second-order valence-electron chi connectivity index (χ2n) is 8.14. The zero-order valence-electron chi connectivity index (χ0n) is 18.2. The van der Waals surface area contributed by atoms with Gasteiger partial charge in [-0.15, -0.1) is 0 Å². The molecule has 0 aromatic rings. The standard InChI is InChI=1S/C21H38N2O6S/c1-2-3-4-5-6-7-8-9-10-11-12-20(26)21-22-13-14-23(21,15-16-24)17-19(25)18-30(27,28)29/h11-12,19,24-25H,2-10,13-18H2,1H3/p+1/b12-11+. The highest BCUT2D eigenvalue weighted by Crippen LogP contribution is 2.18. The minimum atomic E-state index is -4.34. The summed E-state index contributed by atoms with van der Waals surface area (Å²) in [6, 6.07) is 0. The van der Waals surface area contributed by atoms with Gasteiger partial charge in [-0.1, -0.05) is 57.9 Å². The molecule has 9 heteroatoms. The van der Waals surface area contributed by atoms with Crippen LogP contribution < -0.4 is 0 Å². The van der Waals surface area contributed by atoms with Gasteiger partial charge >= 0.3 is 0 Å². The van der Waals surface area contributed by atoms with Crippen LogP contribution in [-0.4, -0.2) is 83.9 Å². The van der Waals surface area contributed by atoms with Crippen molar-refractivity contribution in [3.63, 3.8) is 0 Å². The second-order valence-corrected chi connectivity index (χ2v) is 9.63. The molecular weight excluding hydrogens is 408 g/mol. The third-order valence-corrected chi connectivity index (χ3v) is 6.25. The fourth-order valence-electron chi connectivity index (χ4n) is 3.95. The number of aliphatic hydroxyl groups is 2. The lowest BCUT2D eigenvalue weighted by Crippen LogP contribution is -2.58. The molecule has 0 amide bonds. The van der Waals surface area contributed by atoms with E-state index in [9.17, 15) is 23.4 Å². The Morgan fingerprint density at radius 1 is 1.17 bits per heavy atom. The van der Waals surface area contributed by atoms with Crippen LogP contribution >= 0.6 is 0 Å². The highest BCUT2D eigenvalue weighted by atomic mass is 32.2. The summed E-state index contributed by atoms with van der Waals surface area (Å²) in [6.07, 6.45) is 12.5. The second kappa shape index (κ2) is 14.0. The number of ketones is 1. The van der Waals surface area contributed by atoms with Gasteiger partial charge in [0.15, 0.2) is 0 Å². The van der Waals surface area contributed by atoms with Crippen molar-refractivity contribution >= 4 is 21.7 Å². The van der Waals surface area contributed by atoms with Crippen LogP contribution in [0.2, 0.25) is 0 Å². The molecule has 0 saturated carbocycles. The van der Waals surface area contributed by atoms with Gasteiger partial charge in [0.2, 0.25) is 0 Å². The maximum atomic E-state index is 12.7. The van der Waals surface area contributed by atoms with Gasteiger partial charge in [0, 0.05) is 0 Å². The maximum absolute atomic E-state index is 12.7. The number of nitrogens with zero attached hydrogens (tertiary/aromatic N) is 2. The number of allylic oxidation sites excluding steroid dienone is 1. The normalized spacial score (nSPS) is 20.6. The van der Waals surface area contributed by atoms with Crippen LogP contribution in [0.25, 0.3) is 0 Å². The number of hydrogen-bond acceptors (Lipinski definition) is 6. The molecule has 0 aromatic carbocycles. The van der Waals surface area contributed by atoms with Gasteiger partial charge in [0.1, 0.15) is 31.5 Å². The van der Waals surface area contributed by atoms with Crippen molar-refractivity contribution in [2.24, 2.45) is 4.99 Å². The van der Waals surface area contributed by atoms with E-state index in [2.05, 4.69) is 11.9 Å². The number of carbonyl (C=O) groups excluding carboxylic acids is 1. The number of aliphatic hydroxyl groups excluding tert-OH is 2. The Hall–Kier alpha value is -1.13. The Kier molecular flexibility index (Phi) is 12.6. The number of aliphatic imine (C=N–C) groups is 1. The molecule has 1 rings (SSSR count). The van der Waals surface area contributed by atoms with Crippen LogP contribution in [0, 0.1) is 0 Å². The average molecular weight is 448 g/mol. The molecule has 0 spiro atoms. The van der Waals surface area contributed by atoms with Crippen molar-refractivity contribution in [1.82, 2.24) is 0 Å². The Morgan fingerprint density at radius 3 is 2.40 bits per heavy atom. The highest BCUT2D eigenvalue weighted by molar-refractivity contribution is 7.85. The molecular formula is C21H39N2O6S+. The monoisotopic (exact) mass is 447 g/mol. The van der Waals surface area contributed by atoms with E-state index in [0.29, 0.717) is 13.1 Å². The summed E-state index contributed by atoms with van der Waals surface area (Å²) >= 11 is 0. The number of amidine groups is 1. The molecule has 1 heterocycles. The zero-order chi connectivity index (χ0) is 22.5. The molecule has 2 atom stereocenters. The molecule has 0 aromatic heterocycles. The molecule has 0 fully saturated rings. The minimum Gasteiger partial charge on any atom is -0.390 e. The Bertz CT molecular complexity index is 677. The molecule has 1 aliphatic heterocycles. The van der Waals surface area contributed by atoms with E-state index in [4.69, 9.17) is 4.55 Å². The fourth-order valence-corrected chi connectivity index (χ4v) is 4.54. The predicted octanol–water partition coefficient (Wildman–Crippen LogP) is 2.11. The van der Waals surface area contributed by atoms with Gasteiger partial charge in [0.25, 0.3) is 21.7 Å². The molecule has 0 saturated heterocycles. The summed E-state index contributed by atoms with van der Waals surface area (Å²) in [4.78, 5) is 16.9. The lowest BCUT2D eigenvalue weighted by Gasteiger charge is -2.34. The molecule has 0 radical (unpaired) electrons. The summed E-state index contributed by atoms with van der Waals surface area (Å²) in [7, 11) is -4.34. The zero-order valence-corrected chi connectivity index (χ0v) is 19.0. The quantitative estimate of drug-likeness (QED) is 0.136. The summed E-state index contributed by atoms with van der Waals surface area (Å²) in [5.41, 5.74) is 0. The first-order chi connectivity index (χ1) is 14.2. The van der Waals surface area contributed by atoms with E-state index in [1.165, 1.54) is 44.6 Å². The third kappa shape index (κ3) is 10.3. The molecule has 1 aliphatic rings. The first kappa shape index (κ1) is 26.9. The van der Waals surface area contributed by atoms with Gasteiger partial charge in [-0.25, -0.2) is 4.99 Å². The molecule has 174 valence electrons. The van der Waals surface area contributed by atoms with Gasteiger partial charge in [-0.05, 0) is 18.9 Å². The topological polar surface area (TPSA) is 124 Å². The summed E-state index contributed by atoms with van der Waals surface area (Å²) in [6.45, 7) is 2.80. The van der Waals surface area contributed by atoms with Crippen molar-refractivity contribution in [2.45, 2.75) is 70.8 Å². The average Bonchev–Trinajstić information content (AvgIpc) is 3.04. The molecule has 2 unspecified atom stereocenters. The summed E-state index contributed by atoms with van der Waals surface area (Å²) in [5, 5.41) is 19.5. The van der Waals surface area contributed by atoms with Crippen LogP contribution in [0.1, 0.15) is 64.7 Å². The van der Waals surface area contributed by atoms with Crippen molar-refractivity contribution in [2.75, 3.05) is 38.5 Å². The van der Waals surface area contributed by atoms with Gasteiger partial charge in [0.05, 0.1) is 13.2 Å². The summed E-state index contributed by atoms with van der Waals surface area (Å²) in [5.74, 6) is -0.862. The van der Waals surface area contributed by atoms with Crippen LogP contribution in [0.15, 0.2) is 17.1 Å². The lowest BCUT2D eigenvalue weighted by atomic mass is 10.1. The fraction of sp³-hybridized carbons (Fsp3) is 0.810. The van der Waals surface area contributed by atoms with Crippen molar-refractivity contribution < 1.29 is 32.5 Å². The van der Waals surface area contributed by atoms with E-state index in [1.54, 1.807) is 0 Å². The molecule has 0 aliphatic carbocycles. The predicted molar refractivity (Wildman–Crippen MR) is 118 cm³/mol. The van der Waals surface area contributed by atoms with Crippen molar-refractivity contribution in [3.05, 3.63) is 12.2 Å². The number of carbonyl (C=O) groups is 1. The SMILES string of the molecule is CCCCCCCCCC/C=C/C(=O)C1=NCC[N+]1(CCO)CC(O)CS(=O)(=O)O. The smallest absolute Gasteiger partial charge is 0.271 e. The minimum absolute atomic E-state index is 0.0753. The number of unbranched alkanes of at least 4 members (excludes halogenated alkanes) is 8.